The number of aromatic amines is 1. The fourth-order valence-electron chi connectivity index (χ4n) is 9.69. The number of amides is 12. The Morgan fingerprint density at radius 1 is 0.427 bits per heavy atom. The van der Waals surface area contributed by atoms with Crippen LogP contribution in [0, 0.1) is 29.6 Å². The fraction of sp³-hybridized carbons (Fsp3) is 0.613. The van der Waals surface area contributed by atoms with Crippen LogP contribution in [0.5, 0.6) is 5.75 Å². The molecule has 0 aliphatic heterocycles. The van der Waals surface area contributed by atoms with E-state index in [1.165, 1.54) is 50.6 Å². The molecule has 21 N–H and O–H groups in total. The van der Waals surface area contributed by atoms with Crippen molar-refractivity contribution in [3.05, 3.63) is 48.0 Å². The van der Waals surface area contributed by atoms with Crippen molar-refractivity contribution < 1.29 is 92.3 Å². The van der Waals surface area contributed by atoms with Gasteiger partial charge in [0.05, 0.1) is 18.8 Å². The molecule has 2 rings (SSSR count). The molecule has 1 aromatic heterocycles. The third-order valence-electron chi connectivity index (χ3n) is 14.8. The molecule has 2 aromatic rings. The summed E-state index contributed by atoms with van der Waals surface area (Å²) < 4.78 is 0. The number of rotatable bonds is 44. The zero-order chi connectivity index (χ0) is 72.8. The van der Waals surface area contributed by atoms with E-state index in [-0.39, 0.29) is 56.1 Å². The van der Waals surface area contributed by atoms with Crippen LogP contribution in [0.15, 0.2) is 36.8 Å². The molecule has 0 spiro atoms. The summed E-state index contributed by atoms with van der Waals surface area (Å²) >= 11 is 0. The summed E-state index contributed by atoms with van der Waals surface area (Å²) in [6, 6.07) is -11.8. The number of phenols is 1. The van der Waals surface area contributed by atoms with Gasteiger partial charge in [0.25, 0.3) is 0 Å². The first kappa shape index (κ1) is 82.3. The Balaban J connectivity index is 2.59. The van der Waals surface area contributed by atoms with Gasteiger partial charge in [-0.25, -0.2) is 9.78 Å². The lowest BCUT2D eigenvalue weighted by atomic mass is 9.99. The van der Waals surface area contributed by atoms with Crippen LogP contribution < -0.4 is 70.4 Å². The van der Waals surface area contributed by atoms with Crippen molar-refractivity contribution in [3.63, 3.8) is 0 Å². The maximum absolute atomic E-state index is 14.6. The second-order valence-corrected chi connectivity index (χ2v) is 25.5. The third kappa shape index (κ3) is 30.5. The summed E-state index contributed by atoms with van der Waals surface area (Å²) in [5.74, 6) is -18.7. The lowest BCUT2D eigenvalue weighted by molar-refractivity contribution is -0.143. The smallest absolute Gasteiger partial charge is 0.326 e. The Hall–Kier alpha value is -9.76. The maximum atomic E-state index is 14.6. The minimum atomic E-state index is -1.88. The molecule has 1 heterocycles. The largest absolute Gasteiger partial charge is 0.508 e. The highest BCUT2D eigenvalue weighted by Gasteiger charge is 2.38. The molecule has 1 aromatic carbocycles. The summed E-state index contributed by atoms with van der Waals surface area (Å²) in [6.45, 7) is 16.5. The number of nitrogens with zero attached hydrogens (tertiary/aromatic N) is 1. The molecule has 0 unspecified atom stereocenters. The normalized spacial score (nSPS) is 14.8. The van der Waals surface area contributed by atoms with Gasteiger partial charge in [-0.05, 0) is 85.8 Å². The van der Waals surface area contributed by atoms with Crippen molar-refractivity contribution in [2.75, 3.05) is 0 Å². The summed E-state index contributed by atoms with van der Waals surface area (Å²) in [4.78, 5) is 208. The minimum absolute atomic E-state index is 0.0114. The molecule has 12 amide bonds. The number of nitrogens with one attached hydrogen (secondary N) is 11. The summed E-state index contributed by atoms with van der Waals surface area (Å²) in [7, 11) is 0. The molecule has 0 saturated carbocycles. The number of carboxylic acids is 3. The number of imidazole rings is 1. The molecule has 34 heteroatoms. The van der Waals surface area contributed by atoms with Crippen LogP contribution in [0.4, 0.5) is 0 Å². The summed E-state index contributed by atoms with van der Waals surface area (Å²) in [5, 5.41) is 64.0. The second kappa shape index (κ2) is 40.5. The van der Waals surface area contributed by atoms with Crippen LogP contribution >= 0.6 is 0 Å². The van der Waals surface area contributed by atoms with Gasteiger partial charge < -0.3 is 95.8 Å². The van der Waals surface area contributed by atoms with Crippen LogP contribution in [-0.4, -0.2) is 186 Å². The van der Waals surface area contributed by atoms with Gasteiger partial charge in [0, 0.05) is 44.0 Å². The number of H-pyrrole nitrogens is 1. The number of carbonyl (C=O) groups excluding carboxylic acids is 12. The van der Waals surface area contributed by atoms with Gasteiger partial charge in [0.2, 0.25) is 70.9 Å². The van der Waals surface area contributed by atoms with Crippen molar-refractivity contribution >= 4 is 88.8 Å². The molecular weight excluding hydrogens is 1260 g/mol. The molecule has 96 heavy (non-hydrogen) atoms. The molecule has 0 radical (unpaired) electrons. The highest BCUT2D eigenvalue weighted by Crippen LogP contribution is 2.16. The van der Waals surface area contributed by atoms with E-state index in [1.54, 1.807) is 41.5 Å². The van der Waals surface area contributed by atoms with Gasteiger partial charge in [0.1, 0.15) is 66.2 Å². The Morgan fingerprint density at radius 2 is 0.792 bits per heavy atom. The number of carboxylic acid groups (broad SMARTS) is 3. The van der Waals surface area contributed by atoms with Crippen molar-refractivity contribution in [1.29, 1.82) is 0 Å². The average molecular weight is 1360 g/mol. The number of hydrogen-bond donors (Lipinski definition) is 18. The van der Waals surface area contributed by atoms with E-state index >= 15 is 0 Å². The number of aliphatic carboxylic acids is 3. The molecule has 0 bridgehead atoms. The lowest BCUT2D eigenvalue weighted by Crippen LogP contribution is -2.61. The van der Waals surface area contributed by atoms with E-state index in [9.17, 15) is 92.3 Å². The van der Waals surface area contributed by atoms with Crippen LogP contribution in [0.2, 0.25) is 0 Å². The zero-order valence-electron chi connectivity index (χ0n) is 55.8. The van der Waals surface area contributed by atoms with Crippen LogP contribution in [0.25, 0.3) is 0 Å². The highest BCUT2D eigenvalue weighted by atomic mass is 16.4. The van der Waals surface area contributed by atoms with E-state index in [1.807, 2.05) is 13.8 Å². The first-order chi connectivity index (χ1) is 44.8. The van der Waals surface area contributed by atoms with E-state index in [0.29, 0.717) is 11.3 Å². The van der Waals surface area contributed by atoms with Crippen LogP contribution in [0.3, 0.4) is 0 Å². The average Bonchev–Trinajstić information content (AvgIpc) is 1.15. The first-order valence-corrected chi connectivity index (χ1v) is 31.6. The van der Waals surface area contributed by atoms with Gasteiger partial charge in [0.15, 0.2) is 0 Å². The third-order valence-corrected chi connectivity index (χ3v) is 14.8. The first-order valence-electron chi connectivity index (χ1n) is 31.6. The number of hydrogen-bond acceptors (Lipinski definition) is 18. The lowest BCUT2D eigenvalue weighted by Gasteiger charge is -2.29. The molecule has 0 saturated heterocycles. The molecule has 534 valence electrons. The molecular formula is C62H97N15O19. The predicted octanol–water partition coefficient (Wildman–Crippen LogP) is -2.52. The standard InChI is InChI=1S/C62H97N15O19/c1-29(2)21-37(63)52(85)68-38(15-18-46(64)79)55(88)76-50(32(7)8)61(94)75-45(26-47(65)80)59(92)71-41(22-30(3)4)56(89)70-39(16-19-48(81)82)53(86)69-40(17-20-49(83)84)54(87)73-43(24-34-11-13-36(78)14-12-34)57(90)74-44(25-35-27-66-28-67-35)58(91)72-42(23-31(5)6)60(93)77-51(33(9)10)62(95)96/h11-14,27-33,37-45,50-51,78H,15-26,63H2,1-10H3,(H2,64,79)(H2,65,80)(H,66,67)(H,68,85)(H,69,86)(H,70,89)(H,71,92)(H,72,91)(H,73,87)(H,74,90)(H,75,94)(H,76,88)(H,77,93)(H,81,82)(H,83,84)(H,95,96)/t37-,38-,39-,40-,41-,42-,43-,44-,45-,50-,51-/m0/s1. The Labute approximate surface area is 555 Å². The highest BCUT2D eigenvalue weighted by molar-refractivity contribution is 6.00. The van der Waals surface area contributed by atoms with Gasteiger partial charge in [-0.1, -0.05) is 81.4 Å². The number of benzene rings is 1. The summed E-state index contributed by atoms with van der Waals surface area (Å²) in [6.07, 6.45) is -2.56. The van der Waals surface area contributed by atoms with E-state index in [0.717, 1.165) is 0 Å². The topological polar surface area (TPSA) is 564 Å². The van der Waals surface area contributed by atoms with Crippen molar-refractivity contribution in [2.45, 2.75) is 213 Å². The van der Waals surface area contributed by atoms with E-state index in [2.05, 4.69) is 63.1 Å². The van der Waals surface area contributed by atoms with Crippen LogP contribution in [-0.2, 0) is 84.8 Å². The van der Waals surface area contributed by atoms with E-state index < -0.39 is 212 Å². The van der Waals surface area contributed by atoms with Crippen LogP contribution in [0.1, 0.15) is 145 Å². The second-order valence-electron chi connectivity index (χ2n) is 25.5. The fourth-order valence-corrected chi connectivity index (χ4v) is 9.69. The van der Waals surface area contributed by atoms with Gasteiger partial charge in [-0.2, -0.15) is 0 Å². The number of aromatic nitrogens is 2. The van der Waals surface area contributed by atoms with Gasteiger partial charge in [-0.3, -0.25) is 67.1 Å². The molecule has 0 fully saturated rings. The quantitative estimate of drug-likeness (QED) is 0.0326. The molecule has 34 nitrogen and oxygen atoms in total. The van der Waals surface area contributed by atoms with Crippen molar-refractivity contribution in [2.24, 2.45) is 46.8 Å². The number of primary amides is 2. The Bertz CT molecular complexity index is 3010. The van der Waals surface area contributed by atoms with Gasteiger partial charge in [-0.15, -0.1) is 0 Å². The maximum Gasteiger partial charge on any atom is 0.326 e. The van der Waals surface area contributed by atoms with E-state index in [4.69, 9.17) is 17.2 Å². The number of carbonyl (C=O) groups is 15. The number of phenolic OH excluding ortho intramolecular Hbond substituents is 1. The molecule has 0 aliphatic rings. The van der Waals surface area contributed by atoms with Crippen molar-refractivity contribution in [3.8, 4) is 5.75 Å². The monoisotopic (exact) mass is 1360 g/mol. The molecule has 0 aliphatic carbocycles. The Morgan fingerprint density at radius 3 is 1.20 bits per heavy atom. The number of nitrogens with two attached hydrogens (primary N) is 3. The Kier molecular flexibility index (Phi) is 34.7. The SMILES string of the molecule is CC(C)C[C@H](NC(=O)[C@H](CC(N)=O)NC(=O)[C@@H](NC(=O)[C@H](CCC(N)=O)NC(=O)[C@@H](N)CC(C)C)C(C)C)C(=O)N[C@@H](CCC(=O)O)C(=O)N[C@@H](CCC(=O)O)C(=O)N[C@@H](Cc1ccc(O)cc1)C(=O)N[C@@H](Cc1cnc[nH]1)C(=O)N[C@@H](CC(C)C)C(=O)N[C@H](C(=O)O)C(C)C. The zero-order valence-corrected chi connectivity index (χ0v) is 55.8. The van der Waals surface area contributed by atoms with Gasteiger partial charge >= 0.3 is 17.9 Å². The molecule has 11 atom stereocenters. The number of aromatic hydroxyl groups is 1. The minimum Gasteiger partial charge on any atom is -0.508 e. The van der Waals surface area contributed by atoms with Crippen molar-refractivity contribution in [1.82, 2.24) is 63.1 Å². The predicted molar refractivity (Wildman–Crippen MR) is 343 cm³/mol. The summed E-state index contributed by atoms with van der Waals surface area (Å²) in [5.41, 5.74) is 17.5.